The minimum Gasteiger partial charge on any atom is -0.326 e. The Morgan fingerprint density at radius 1 is 1.44 bits per heavy atom. The summed E-state index contributed by atoms with van der Waals surface area (Å²) >= 11 is 5.60. The molecule has 5 nitrogen and oxygen atoms in total. The van der Waals surface area contributed by atoms with E-state index in [1.165, 1.54) is 6.07 Å². The van der Waals surface area contributed by atoms with Crippen LogP contribution in [0.2, 0.25) is 0 Å². The summed E-state index contributed by atoms with van der Waals surface area (Å²) in [6.45, 7) is 5.07. The van der Waals surface area contributed by atoms with Crippen LogP contribution in [0.4, 0.5) is 11.4 Å². The quantitative estimate of drug-likeness (QED) is 0.519. The van der Waals surface area contributed by atoms with E-state index in [9.17, 15) is 14.9 Å². The number of benzene rings is 1. The number of alkyl halides is 1. The van der Waals surface area contributed by atoms with Gasteiger partial charge in [-0.05, 0) is 25.5 Å². The standard InChI is InChI=1S/C12H15ClN2O3/c1-7-5-11(15(17)18)8(2)4-10(7)14-12(16)9(3)6-13/h4-5,9H,6H2,1-3H3,(H,14,16). The summed E-state index contributed by atoms with van der Waals surface area (Å²) in [5.41, 5.74) is 1.80. The molecule has 1 unspecified atom stereocenters. The van der Waals surface area contributed by atoms with Crippen molar-refractivity contribution in [1.82, 2.24) is 0 Å². The van der Waals surface area contributed by atoms with Crippen LogP contribution in [0.1, 0.15) is 18.1 Å². The van der Waals surface area contributed by atoms with Crippen molar-refractivity contribution in [2.24, 2.45) is 5.92 Å². The van der Waals surface area contributed by atoms with E-state index >= 15 is 0 Å². The topological polar surface area (TPSA) is 72.2 Å². The number of carbonyl (C=O) groups is 1. The van der Waals surface area contributed by atoms with Crippen molar-refractivity contribution in [1.29, 1.82) is 0 Å². The van der Waals surface area contributed by atoms with Crippen molar-refractivity contribution >= 4 is 28.9 Å². The predicted octanol–water partition coefficient (Wildman–Crippen LogP) is 3.03. The molecule has 18 heavy (non-hydrogen) atoms. The number of rotatable bonds is 4. The summed E-state index contributed by atoms with van der Waals surface area (Å²) in [6.07, 6.45) is 0. The van der Waals surface area contributed by atoms with Crippen LogP contribution in [0, 0.1) is 29.9 Å². The Hall–Kier alpha value is -1.62. The first-order valence-electron chi connectivity index (χ1n) is 5.49. The fourth-order valence-corrected chi connectivity index (χ4v) is 1.60. The van der Waals surface area contributed by atoms with Gasteiger partial charge < -0.3 is 5.32 Å². The van der Waals surface area contributed by atoms with Gasteiger partial charge in [0.2, 0.25) is 5.91 Å². The molecule has 0 fully saturated rings. The second kappa shape index (κ2) is 5.82. The maximum atomic E-state index is 11.7. The molecular formula is C12H15ClN2O3. The lowest BCUT2D eigenvalue weighted by Crippen LogP contribution is -2.22. The van der Waals surface area contributed by atoms with E-state index in [-0.39, 0.29) is 23.4 Å². The molecule has 1 N–H and O–H groups in total. The van der Waals surface area contributed by atoms with Crippen molar-refractivity contribution in [3.05, 3.63) is 33.4 Å². The highest BCUT2D eigenvalue weighted by atomic mass is 35.5. The molecule has 1 aromatic carbocycles. The summed E-state index contributed by atoms with van der Waals surface area (Å²) in [4.78, 5) is 22.0. The molecular weight excluding hydrogens is 256 g/mol. The van der Waals surface area contributed by atoms with Crippen molar-refractivity contribution in [3.63, 3.8) is 0 Å². The molecule has 0 aliphatic heterocycles. The normalized spacial score (nSPS) is 12.0. The van der Waals surface area contributed by atoms with Crippen LogP contribution < -0.4 is 5.32 Å². The van der Waals surface area contributed by atoms with Crippen LogP contribution in [0.15, 0.2) is 12.1 Å². The number of hydrogen-bond acceptors (Lipinski definition) is 3. The highest BCUT2D eigenvalue weighted by Crippen LogP contribution is 2.26. The number of anilines is 1. The van der Waals surface area contributed by atoms with E-state index in [1.807, 2.05) is 0 Å². The van der Waals surface area contributed by atoms with Gasteiger partial charge in [0.05, 0.1) is 4.92 Å². The molecule has 1 amide bonds. The van der Waals surface area contributed by atoms with Crippen LogP contribution in [-0.4, -0.2) is 16.7 Å². The van der Waals surface area contributed by atoms with E-state index in [4.69, 9.17) is 11.6 Å². The summed E-state index contributed by atoms with van der Waals surface area (Å²) in [5.74, 6) is -0.264. The molecule has 0 aromatic heterocycles. The number of halogens is 1. The third-order valence-corrected chi connectivity index (χ3v) is 3.14. The van der Waals surface area contributed by atoms with Gasteiger partial charge in [-0.3, -0.25) is 14.9 Å². The Labute approximate surface area is 110 Å². The van der Waals surface area contributed by atoms with Crippen LogP contribution in [-0.2, 0) is 4.79 Å². The Morgan fingerprint density at radius 3 is 2.56 bits per heavy atom. The highest BCUT2D eigenvalue weighted by molar-refractivity contribution is 6.19. The van der Waals surface area contributed by atoms with E-state index in [2.05, 4.69) is 5.32 Å². The fourth-order valence-electron chi connectivity index (χ4n) is 1.46. The third-order valence-electron chi connectivity index (χ3n) is 2.68. The Morgan fingerprint density at radius 2 is 2.06 bits per heavy atom. The van der Waals surface area contributed by atoms with E-state index in [0.717, 1.165) is 0 Å². The summed E-state index contributed by atoms with van der Waals surface area (Å²) in [6, 6.07) is 3.06. The van der Waals surface area contributed by atoms with Crippen molar-refractivity contribution in [2.75, 3.05) is 11.2 Å². The second-order valence-corrected chi connectivity index (χ2v) is 4.56. The average molecular weight is 271 g/mol. The SMILES string of the molecule is Cc1cc([N+](=O)[O-])c(C)cc1NC(=O)C(C)CCl. The van der Waals surface area contributed by atoms with Crippen LogP contribution in [0.3, 0.4) is 0 Å². The number of carbonyl (C=O) groups excluding carboxylic acids is 1. The van der Waals surface area contributed by atoms with Crippen LogP contribution >= 0.6 is 11.6 Å². The van der Waals surface area contributed by atoms with Gasteiger partial charge in [-0.1, -0.05) is 6.92 Å². The van der Waals surface area contributed by atoms with Crippen molar-refractivity contribution < 1.29 is 9.72 Å². The number of amides is 1. The molecule has 98 valence electrons. The lowest BCUT2D eigenvalue weighted by molar-refractivity contribution is -0.385. The Kier molecular flexibility index (Phi) is 4.67. The lowest BCUT2D eigenvalue weighted by atomic mass is 10.1. The molecule has 0 aliphatic carbocycles. The largest absolute Gasteiger partial charge is 0.326 e. The maximum Gasteiger partial charge on any atom is 0.272 e. The van der Waals surface area contributed by atoms with Gasteiger partial charge in [0.15, 0.2) is 0 Å². The number of aryl methyl sites for hydroxylation is 2. The van der Waals surface area contributed by atoms with Gasteiger partial charge in [-0.15, -0.1) is 11.6 Å². The van der Waals surface area contributed by atoms with Crippen LogP contribution in [0.5, 0.6) is 0 Å². The molecule has 0 bridgehead atoms. The van der Waals surface area contributed by atoms with Gasteiger partial charge in [-0.25, -0.2) is 0 Å². The summed E-state index contributed by atoms with van der Waals surface area (Å²) in [5, 5.41) is 13.5. The highest BCUT2D eigenvalue weighted by Gasteiger charge is 2.16. The molecule has 1 atom stereocenters. The molecule has 0 heterocycles. The number of nitro benzene ring substituents is 1. The minimum atomic E-state index is -0.435. The van der Waals surface area contributed by atoms with Crippen LogP contribution in [0.25, 0.3) is 0 Å². The van der Waals surface area contributed by atoms with Gasteiger partial charge in [-0.2, -0.15) is 0 Å². The molecule has 0 radical (unpaired) electrons. The predicted molar refractivity (Wildman–Crippen MR) is 71.1 cm³/mol. The van der Waals surface area contributed by atoms with Crippen molar-refractivity contribution in [3.8, 4) is 0 Å². The van der Waals surface area contributed by atoms with Crippen molar-refractivity contribution in [2.45, 2.75) is 20.8 Å². The van der Waals surface area contributed by atoms with Gasteiger partial charge >= 0.3 is 0 Å². The molecule has 0 aliphatic rings. The first-order valence-corrected chi connectivity index (χ1v) is 6.02. The molecule has 0 spiro atoms. The van der Waals surface area contributed by atoms with Gasteiger partial charge in [0.1, 0.15) is 0 Å². The first-order chi connectivity index (χ1) is 8.36. The third kappa shape index (κ3) is 3.20. The Bertz CT molecular complexity index is 488. The van der Waals surface area contributed by atoms with E-state index < -0.39 is 4.92 Å². The summed E-state index contributed by atoms with van der Waals surface area (Å²) < 4.78 is 0. The van der Waals surface area contributed by atoms with E-state index in [1.54, 1.807) is 26.8 Å². The molecule has 6 heteroatoms. The minimum absolute atomic E-state index is 0.0518. The maximum absolute atomic E-state index is 11.7. The monoisotopic (exact) mass is 270 g/mol. The zero-order chi connectivity index (χ0) is 13.9. The number of nitrogens with zero attached hydrogens (tertiary/aromatic N) is 1. The summed E-state index contributed by atoms with van der Waals surface area (Å²) in [7, 11) is 0. The lowest BCUT2D eigenvalue weighted by Gasteiger charge is -2.12. The zero-order valence-corrected chi connectivity index (χ0v) is 11.2. The van der Waals surface area contributed by atoms with E-state index in [0.29, 0.717) is 16.8 Å². The van der Waals surface area contributed by atoms with Gasteiger partial charge in [0, 0.05) is 29.1 Å². The van der Waals surface area contributed by atoms with Gasteiger partial charge in [0.25, 0.3) is 5.69 Å². The smallest absolute Gasteiger partial charge is 0.272 e. The first kappa shape index (κ1) is 14.4. The second-order valence-electron chi connectivity index (χ2n) is 4.26. The Balaban J connectivity index is 3.02. The molecule has 0 saturated carbocycles. The fraction of sp³-hybridized carbons (Fsp3) is 0.417. The average Bonchev–Trinajstić information content (AvgIpc) is 2.31. The molecule has 1 aromatic rings. The molecule has 0 saturated heterocycles. The molecule has 1 rings (SSSR count). The number of nitrogens with one attached hydrogen (secondary N) is 1. The zero-order valence-electron chi connectivity index (χ0n) is 10.5. The number of hydrogen-bond donors (Lipinski definition) is 1. The number of nitro groups is 1.